The first-order valence-electron chi connectivity index (χ1n) is 8.05. The van der Waals surface area contributed by atoms with Crippen LogP contribution in [0.1, 0.15) is 17.5 Å². The highest BCUT2D eigenvalue weighted by Gasteiger charge is 2.23. The van der Waals surface area contributed by atoms with E-state index in [4.69, 9.17) is 0 Å². The number of aryl methyl sites for hydroxylation is 1. The first-order valence-corrected chi connectivity index (χ1v) is 8.05. The molecule has 2 aromatic carbocycles. The third kappa shape index (κ3) is 2.51. The second kappa shape index (κ2) is 5.44. The molecule has 2 nitrogen and oxygen atoms in total. The Bertz CT molecular complexity index is 635. The average molecular weight is 278 g/mol. The van der Waals surface area contributed by atoms with E-state index in [-0.39, 0.29) is 0 Å². The highest BCUT2D eigenvalue weighted by atomic mass is 15.1. The van der Waals surface area contributed by atoms with E-state index in [2.05, 4.69) is 58.7 Å². The van der Waals surface area contributed by atoms with Gasteiger partial charge in [0.1, 0.15) is 0 Å². The van der Waals surface area contributed by atoms with Crippen molar-refractivity contribution in [3.8, 4) is 0 Å². The lowest BCUT2D eigenvalue weighted by molar-refractivity contribution is 0.512. The summed E-state index contributed by atoms with van der Waals surface area (Å²) in [5.74, 6) is 0.700. The van der Waals surface area contributed by atoms with E-state index in [0.717, 1.165) is 6.54 Å². The summed E-state index contributed by atoms with van der Waals surface area (Å²) < 4.78 is 0. The lowest BCUT2D eigenvalue weighted by Gasteiger charge is -2.36. The molecule has 0 aliphatic carbocycles. The number of hydrogen-bond donors (Lipinski definition) is 1. The second-order valence-electron chi connectivity index (χ2n) is 6.29. The van der Waals surface area contributed by atoms with Gasteiger partial charge < -0.3 is 10.2 Å². The Morgan fingerprint density at radius 1 is 1.00 bits per heavy atom. The summed E-state index contributed by atoms with van der Waals surface area (Å²) in [4.78, 5) is 2.60. The van der Waals surface area contributed by atoms with Gasteiger partial charge in [0.25, 0.3) is 0 Å². The number of anilines is 2. The Morgan fingerprint density at radius 3 is 2.76 bits per heavy atom. The highest BCUT2D eigenvalue weighted by molar-refractivity contribution is 5.56. The molecular weight excluding hydrogens is 256 g/mol. The van der Waals surface area contributed by atoms with Gasteiger partial charge in [-0.1, -0.05) is 36.4 Å². The molecule has 0 aromatic heterocycles. The van der Waals surface area contributed by atoms with Crippen molar-refractivity contribution in [1.82, 2.24) is 0 Å². The van der Waals surface area contributed by atoms with Crippen molar-refractivity contribution in [3.63, 3.8) is 0 Å². The van der Waals surface area contributed by atoms with E-state index in [0.29, 0.717) is 5.92 Å². The largest absolute Gasteiger partial charge is 0.384 e. The number of benzene rings is 2. The average Bonchev–Trinajstić information content (AvgIpc) is 2.55. The third-order valence-electron chi connectivity index (χ3n) is 4.79. The van der Waals surface area contributed by atoms with Gasteiger partial charge in [-0.05, 0) is 48.4 Å². The molecule has 0 amide bonds. The van der Waals surface area contributed by atoms with E-state index >= 15 is 0 Å². The molecule has 2 heterocycles. The fraction of sp³-hybridized carbons (Fsp3) is 0.368. The standard InChI is InChI=1S/C19H22N2/c1-3-9-18-17(7-1)12-15(13-20-18)14-21-11-5-8-16-6-2-4-10-19(16)21/h1-4,6-7,9-10,15,20H,5,8,11-14H2. The fourth-order valence-electron chi connectivity index (χ4n) is 3.75. The summed E-state index contributed by atoms with van der Waals surface area (Å²) in [7, 11) is 0. The van der Waals surface area contributed by atoms with Gasteiger partial charge in [-0.2, -0.15) is 0 Å². The third-order valence-corrected chi connectivity index (χ3v) is 4.79. The van der Waals surface area contributed by atoms with Crippen LogP contribution in [0.5, 0.6) is 0 Å². The molecule has 2 aliphatic rings. The van der Waals surface area contributed by atoms with Crippen LogP contribution in [0.4, 0.5) is 11.4 Å². The summed E-state index contributed by atoms with van der Waals surface area (Å²) >= 11 is 0. The fourth-order valence-corrected chi connectivity index (χ4v) is 3.75. The van der Waals surface area contributed by atoms with Crippen LogP contribution in [0, 0.1) is 5.92 Å². The molecule has 0 spiro atoms. The van der Waals surface area contributed by atoms with Crippen molar-refractivity contribution in [3.05, 3.63) is 59.7 Å². The van der Waals surface area contributed by atoms with Crippen molar-refractivity contribution < 1.29 is 0 Å². The topological polar surface area (TPSA) is 15.3 Å². The van der Waals surface area contributed by atoms with Gasteiger partial charge in [0.2, 0.25) is 0 Å². The molecule has 0 bridgehead atoms. The zero-order chi connectivity index (χ0) is 14.1. The summed E-state index contributed by atoms with van der Waals surface area (Å²) in [6, 6.07) is 17.6. The molecule has 0 fully saturated rings. The van der Waals surface area contributed by atoms with Crippen LogP contribution in [0.15, 0.2) is 48.5 Å². The van der Waals surface area contributed by atoms with Crippen LogP contribution in [0.25, 0.3) is 0 Å². The smallest absolute Gasteiger partial charge is 0.0398 e. The van der Waals surface area contributed by atoms with Crippen molar-refractivity contribution in [1.29, 1.82) is 0 Å². The summed E-state index contributed by atoms with van der Waals surface area (Å²) in [5, 5.41) is 3.60. The van der Waals surface area contributed by atoms with Crippen molar-refractivity contribution in [2.24, 2.45) is 5.92 Å². The summed E-state index contributed by atoms with van der Waals surface area (Å²) in [5.41, 5.74) is 5.78. The summed E-state index contributed by atoms with van der Waals surface area (Å²) in [6.45, 7) is 3.46. The Balaban J connectivity index is 1.51. The molecule has 0 saturated heterocycles. The second-order valence-corrected chi connectivity index (χ2v) is 6.29. The van der Waals surface area contributed by atoms with Gasteiger partial charge in [0.15, 0.2) is 0 Å². The van der Waals surface area contributed by atoms with Gasteiger partial charge >= 0.3 is 0 Å². The van der Waals surface area contributed by atoms with E-state index in [1.165, 1.54) is 54.9 Å². The molecule has 2 heteroatoms. The molecule has 4 rings (SSSR count). The van der Waals surface area contributed by atoms with E-state index in [1.807, 2.05) is 0 Å². The zero-order valence-electron chi connectivity index (χ0n) is 12.4. The molecule has 1 atom stereocenters. The molecule has 2 aliphatic heterocycles. The van der Waals surface area contributed by atoms with E-state index in [9.17, 15) is 0 Å². The number of para-hydroxylation sites is 2. The molecule has 1 unspecified atom stereocenters. The Kier molecular flexibility index (Phi) is 3.30. The number of rotatable bonds is 2. The maximum Gasteiger partial charge on any atom is 0.0398 e. The lowest BCUT2D eigenvalue weighted by atomic mass is 9.92. The molecule has 2 aromatic rings. The van der Waals surface area contributed by atoms with Crippen LogP contribution in [-0.4, -0.2) is 19.6 Å². The van der Waals surface area contributed by atoms with Crippen LogP contribution in [0.3, 0.4) is 0 Å². The SMILES string of the molecule is c1ccc2c(c1)CC(CN1CCCc3ccccc31)CN2. The predicted octanol–water partition coefficient (Wildman–Crippen LogP) is 3.72. The maximum atomic E-state index is 3.60. The Hall–Kier alpha value is -1.96. The van der Waals surface area contributed by atoms with E-state index in [1.54, 1.807) is 0 Å². The normalized spacial score (nSPS) is 20.4. The lowest BCUT2D eigenvalue weighted by Crippen LogP contribution is -2.38. The first-order chi connectivity index (χ1) is 10.4. The minimum absolute atomic E-state index is 0.700. The van der Waals surface area contributed by atoms with Gasteiger partial charge in [0.05, 0.1) is 0 Å². The van der Waals surface area contributed by atoms with Crippen LogP contribution in [0.2, 0.25) is 0 Å². The molecule has 1 N–H and O–H groups in total. The van der Waals surface area contributed by atoms with Crippen molar-refractivity contribution >= 4 is 11.4 Å². The first kappa shape index (κ1) is 12.8. The number of nitrogens with one attached hydrogen (secondary N) is 1. The molecule has 0 radical (unpaired) electrons. The summed E-state index contributed by atoms with van der Waals surface area (Å²) in [6.07, 6.45) is 3.72. The minimum atomic E-state index is 0.700. The van der Waals surface area contributed by atoms with Crippen molar-refractivity contribution in [2.45, 2.75) is 19.3 Å². The zero-order valence-corrected chi connectivity index (χ0v) is 12.4. The van der Waals surface area contributed by atoms with Gasteiger partial charge in [-0.3, -0.25) is 0 Å². The monoisotopic (exact) mass is 278 g/mol. The highest BCUT2D eigenvalue weighted by Crippen LogP contribution is 2.30. The number of fused-ring (bicyclic) bond motifs is 2. The van der Waals surface area contributed by atoms with Gasteiger partial charge in [0, 0.05) is 31.0 Å². The molecule has 108 valence electrons. The maximum absolute atomic E-state index is 3.60. The molecule has 21 heavy (non-hydrogen) atoms. The predicted molar refractivity (Wildman–Crippen MR) is 89.1 cm³/mol. The Morgan fingerprint density at radius 2 is 1.81 bits per heavy atom. The van der Waals surface area contributed by atoms with E-state index < -0.39 is 0 Å². The molecule has 0 saturated carbocycles. The number of nitrogens with zero attached hydrogens (tertiary/aromatic N) is 1. The Labute approximate surface area is 126 Å². The van der Waals surface area contributed by atoms with Crippen molar-refractivity contribution in [2.75, 3.05) is 29.9 Å². The molecular formula is C19H22N2. The van der Waals surface area contributed by atoms with Crippen LogP contribution in [-0.2, 0) is 12.8 Å². The van der Waals surface area contributed by atoms with Crippen LogP contribution >= 0.6 is 0 Å². The minimum Gasteiger partial charge on any atom is -0.384 e. The van der Waals surface area contributed by atoms with Gasteiger partial charge in [-0.25, -0.2) is 0 Å². The quantitative estimate of drug-likeness (QED) is 0.900. The number of hydrogen-bond acceptors (Lipinski definition) is 2. The van der Waals surface area contributed by atoms with Crippen LogP contribution < -0.4 is 10.2 Å². The van der Waals surface area contributed by atoms with Gasteiger partial charge in [-0.15, -0.1) is 0 Å².